The third-order valence-electron chi connectivity index (χ3n) is 6.98. The summed E-state index contributed by atoms with van der Waals surface area (Å²) < 4.78 is 15.5. The molecule has 0 N–H and O–H groups in total. The molecule has 5 nitrogen and oxygen atoms in total. The van der Waals surface area contributed by atoms with Crippen LogP contribution in [-0.4, -0.2) is 58.0 Å². The van der Waals surface area contributed by atoms with Gasteiger partial charge in [-0.25, -0.2) is 8.91 Å². The summed E-state index contributed by atoms with van der Waals surface area (Å²) in [6.07, 6.45) is 14.1. The van der Waals surface area contributed by atoms with Crippen molar-refractivity contribution in [3.05, 3.63) is 65.6 Å². The second-order valence-corrected chi connectivity index (χ2v) is 9.78. The first-order valence-electron chi connectivity index (χ1n) is 13.6. The number of halogens is 1. The molecule has 0 saturated carbocycles. The van der Waals surface area contributed by atoms with Gasteiger partial charge in [0.05, 0.1) is 5.52 Å². The maximum atomic E-state index is 13.6. The number of hydrogen-bond donors (Lipinski definition) is 0. The quantitative estimate of drug-likeness (QED) is 0.301. The van der Waals surface area contributed by atoms with Crippen molar-refractivity contribution in [2.75, 3.05) is 32.7 Å². The van der Waals surface area contributed by atoms with Gasteiger partial charge in [-0.2, -0.15) is 5.10 Å². The number of pyridine rings is 1. The van der Waals surface area contributed by atoms with Gasteiger partial charge in [-0.1, -0.05) is 45.3 Å². The largest absolute Gasteiger partial charge is 0.339 e. The molecule has 1 aliphatic rings. The van der Waals surface area contributed by atoms with E-state index in [1.54, 1.807) is 12.1 Å². The average Bonchev–Trinajstić information content (AvgIpc) is 3.27. The van der Waals surface area contributed by atoms with Gasteiger partial charge < -0.3 is 4.90 Å². The number of benzene rings is 1. The zero-order chi connectivity index (χ0) is 25.3. The molecule has 6 heteroatoms. The van der Waals surface area contributed by atoms with E-state index < -0.39 is 0 Å². The van der Waals surface area contributed by atoms with Crippen LogP contribution in [0.4, 0.5) is 4.39 Å². The summed E-state index contributed by atoms with van der Waals surface area (Å²) in [5.41, 5.74) is 4.19. The lowest BCUT2D eigenvalue weighted by molar-refractivity contribution is 0.0751. The van der Waals surface area contributed by atoms with Crippen LogP contribution >= 0.6 is 0 Å². The Labute approximate surface area is 214 Å². The number of fused-ring (bicyclic) bond motifs is 1. The van der Waals surface area contributed by atoms with E-state index in [-0.39, 0.29) is 11.7 Å². The lowest BCUT2D eigenvalue weighted by Crippen LogP contribution is -2.33. The smallest absolute Gasteiger partial charge is 0.253 e. The van der Waals surface area contributed by atoms with E-state index in [0.29, 0.717) is 5.56 Å². The monoisotopic (exact) mass is 490 g/mol. The maximum absolute atomic E-state index is 13.6. The van der Waals surface area contributed by atoms with E-state index in [1.807, 2.05) is 27.7 Å². The molecule has 192 valence electrons. The number of carbonyl (C=O) groups is 1. The molecule has 1 saturated heterocycles. The number of piperidine rings is 1. The van der Waals surface area contributed by atoms with Crippen molar-refractivity contribution in [3.63, 3.8) is 0 Å². The molecule has 1 aromatic carbocycles. The fourth-order valence-corrected chi connectivity index (χ4v) is 4.84. The molecule has 3 aromatic rings. The topological polar surface area (TPSA) is 40.9 Å². The molecule has 1 aliphatic heterocycles. The number of rotatable bonds is 11. The van der Waals surface area contributed by atoms with Crippen LogP contribution in [0.5, 0.6) is 0 Å². The molecule has 0 aliphatic carbocycles. The van der Waals surface area contributed by atoms with Gasteiger partial charge in [0, 0.05) is 42.5 Å². The van der Waals surface area contributed by atoms with E-state index in [2.05, 4.69) is 30.9 Å². The van der Waals surface area contributed by atoms with Crippen molar-refractivity contribution in [2.45, 2.75) is 58.8 Å². The van der Waals surface area contributed by atoms with Gasteiger partial charge in [0.25, 0.3) is 5.91 Å². The van der Waals surface area contributed by atoms with Crippen LogP contribution < -0.4 is 0 Å². The van der Waals surface area contributed by atoms with E-state index in [0.717, 1.165) is 80.7 Å². The predicted octanol–water partition coefficient (Wildman–Crippen LogP) is 6.68. The summed E-state index contributed by atoms with van der Waals surface area (Å²) in [7, 11) is 0. The molecule has 0 radical (unpaired) electrons. The second-order valence-electron chi connectivity index (χ2n) is 9.78. The first-order valence-corrected chi connectivity index (χ1v) is 13.6. The van der Waals surface area contributed by atoms with Crippen molar-refractivity contribution in [2.24, 2.45) is 0 Å². The van der Waals surface area contributed by atoms with Gasteiger partial charge in [0.15, 0.2) is 0 Å². The molecule has 1 amide bonds. The van der Waals surface area contributed by atoms with E-state index >= 15 is 0 Å². The molecule has 0 bridgehead atoms. The van der Waals surface area contributed by atoms with Gasteiger partial charge in [-0.05, 0) is 75.2 Å². The summed E-state index contributed by atoms with van der Waals surface area (Å²) in [6, 6.07) is 10.3. The van der Waals surface area contributed by atoms with Gasteiger partial charge in [0.1, 0.15) is 11.5 Å². The van der Waals surface area contributed by atoms with Crippen LogP contribution in [0.15, 0.2) is 48.7 Å². The van der Waals surface area contributed by atoms with Crippen molar-refractivity contribution < 1.29 is 9.18 Å². The Balaban J connectivity index is 1.69. The molecular weight excluding hydrogens is 451 g/mol. The van der Waals surface area contributed by atoms with E-state index in [1.165, 1.54) is 31.4 Å². The molecule has 0 unspecified atom stereocenters. The van der Waals surface area contributed by atoms with Crippen LogP contribution in [0.25, 0.3) is 22.9 Å². The normalized spacial score (nSPS) is 14.6. The van der Waals surface area contributed by atoms with Crippen LogP contribution in [0.3, 0.4) is 0 Å². The number of amides is 1. The highest BCUT2D eigenvalue weighted by Crippen LogP contribution is 2.29. The van der Waals surface area contributed by atoms with Crippen molar-refractivity contribution in [1.82, 2.24) is 19.4 Å². The lowest BCUT2D eigenvalue weighted by atomic mass is 10.0. The molecule has 0 spiro atoms. The van der Waals surface area contributed by atoms with Crippen LogP contribution in [-0.2, 0) is 0 Å². The molecule has 36 heavy (non-hydrogen) atoms. The fourth-order valence-electron chi connectivity index (χ4n) is 4.84. The lowest BCUT2D eigenvalue weighted by Gasteiger charge is -2.24. The van der Waals surface area contributed by atoms with Gasteiger partial charge in [0.2, 0.25) is 0 Å². The summed E-state index contributed by atoms with van der Waals surface area (Å²) in [4.78, 5) is 17.9. The molecule has 2 aromatic heterocycles. The standard InChI is InChI=1S/C30H39FN4O/c1-3-5-20-34(21-6-4-2)30(36)25-16-22-35-28(23-25)27(11-10-19-33-17-8-7-9-18-33)29(32-35)24-12-14-26(31)15-13-24/h10-16,22-23H,3-9,17-21H2,1-2H3. The SMILES string of the molecule is CCCCN(CCCC)C(=O)c1ccn2nc(-c3ccc(F)cc3)c(C=CCN3CCCCC3)c2c1. The third-order valence-corrected chi connectivity index (χ3v) is 6.98. The van der Waals surface area contributed by atoms with Crippen molar-refractivity contribution >= 4 is 17.5 Å². The Bertz CT molecular complexity index is 1150. The van der Waals surface area contributed by atoms with Crippen LogP contribution in [0.2, 0.25) is 0 Å². The van der Waals surface area contributed by atoms with Crippen LogP contribution in [0.1, 0.15) is 74.7 Å². The number of unbranched alkanes of at least 4 members (excludes halogenated alkanes) is 2. The minimum absolute atomic E-state index is 0.0761. The molecule has 0 atom stereocenters. The zero-order valence-corrected chi connectivity index (χ0v) is 21.8. The highest BCUT2D eigenvalue weighted by Gasteiger charge is 2.19. The number of hydrogen-bond acceptors (Lipinski definition) is 3. The fraction of sp³-hybridized carbons (Fsp3) is 0.467. The van der Waals surface area contributed by atoms with Crippen molar-refractivity contribution in [3.8, 4) is 11.3 Å². The Morgan fingerprint density at radius 1 is 1.03 bits per heavy atom. The van der Waals surface area contributed by atoms with E-state index in [9.17, 15) is 9.18 Å². The average molecular weight is 491 g/mol. The Morgan fingerprint density at radius 3 is 2.39 bits per heavy atom. The molecule has 3 heterocycles. The summed E-state index contributed by atoms with van der Waals surface area (Å²) >= 11 is 0. The minimum atomic E-state index is -0.267. The first-order chi connectivity index (χ1) is 17.6. The molecule has 1 fully saturated rings. The van der Waals surface area contributed by atoms with Gasteiger partial charge in [-0.3, -0.25) is 9.69 Å². The number of likely N-dealkylation sites (tertiary alicyclic amines) is 1. The first kappa shape index (κ1) is 26.1. The van der Waals surface area contributed by atoms with Crippen LogP contribution in [0, 0.1) is 5.82 Å². The Morgan fingerprint density at radius 2 is 1.72 bits per heavy atom. The highest BCUT2D eigenvalue weighted by molar-refractivity contribution is 5.96. The van der Waals surface area contributed by atoms with Crippen molar-refractivity contribution in [1.29, 1.82) is 0 Å². The second kappa shape index (κ2) is 12.8. The van der Waals surface area contributed by atoms with Gasteiger partial charge >= 0.3 is 0 Å². The highest BCUT2D eigenvalue weighted by atomic mass is 19.1. The van der Waals surface area contributed by atoms with E-state index in [4.69, 9.17) is 5.10 Å². The van der Waals surface area contributed by atoms with Gasteiger partial charge in [-0.15, -0.1) is 0 Å². The summed E-state index contributed by atoms with van der Waals surface area (Å²) in [5.74, 6) is -0.191. The number of nitrogens with zero attached hydrogens (tertiary/aromatic N) is 4. The molecule has 4 rings (SSSR count). The predicted molar refractivity (Wildman–Crippen MR) is 146 cm³/mol. The number of aromatic nitrogens is 2. The Hall–Kier alpha value is -2.99. The molecular formula is C30H39FN4O. The maximum Gasteiger partial charge on any atom is 0.253 e. The summed E-state index contributed by atoms with van der Waals surface area (Å²) in [5, 5.41) is 4.83. The Kier molecular flexibility index (Phi) is 9.29. The zero-order valence-electron chi connectivity index (χ0n) is 21.8. The minimum Gasteiger partial charge on any atom is -0.339 e. The number of carbonyl (C=O) groups excluding carboxylic acids is 1. The summed E-state index contributed by atoms with van der Waals surface area (Å²) in [6.45, 7) is 9.02. The third kappa shape index (κ3) is 6.41.